The van der Waals surface area contributed by atoms with Crippen LogP contribution in [0.4, 0.5) is 0 Å². The summed E-state index contributed by atoms with van der Waals surface area (Å²) < 4.78 is 0. The minimum Gasteiger partial charge on any atom is -0.360 e. The van der Waals surface area contributed by atoms with Gasteiger partial charge in [-0.1, -0.05) is 18.9 Å². The molecule has 0 unspecified atom stereocenters. The molecule has 0 atom stereocenters. The van der Waals surface area contributed by atoms with Crippen molar-refractivity contribution in [2.45, 2.75) is 57.2 Å². The highest BCUT2D eigenvalue weighted by molar-refractivity contribution is 7.80. The van der Waals surface area contributed by atoms with Crippen molar-refractivity contribution in [2.75, 3.05) is 0 Å². The Labute approximate surface area is 118 Å². The van der Waals surface area contributed by atoms with Gasteiger partial charge in [-0.25, -0.2) is 0 Å². The van der Waals surface area contributed by atoms with E-state index in [1.54, 1.807) is 0 Å². The molecular weight excluding hydrogens is 260 g/mol. The summed E-state index contributed by atoms with van der Waals surface area (Å²) in [5.41, 5.74) is 0. The van der Waals surface area contributed by atoms with Crippen molar-refractivity contribution in [1.29, 1.82) is 0 Å². The van der Waals surface area contributed by atoms with Crippen molar-refractivity contribution in [3.63, 3.8) is 0 Å². The molecule has 0 radical (unpaired) electrons. The number of nitrogens with zero attached hydrogens (tertiary/aromatic N) is 1. The first-order valence-corrected chi connectivity index (χ1v) is 8.21. The Bertz CT molecular complexity index is 392. The maximum Gasteiger partial charge on any atom is 0.169 e. The van der Waals surface area contributed by atoms with Crippen LogP contribution in [0.3, 0.4) is 0 Å². The second-order valence-corrected chi connectivity index (χ2v) is 6.79. The van der Waals surface area contributed by atoms with Crippen molar-refractivity contribution >= 4 is 28.7 Å². The fraction of sp³-hybridized carbons (Fsp3) is 0.643. The monoisotopic (exact) mass is 280 g/mol. The predicted molar refractivity (Wildman–Crippen MR) is 80.9 cm³/mol. The molecule has 3 rings (SSSR count). The summed E-state index contributed by atoms with van der Waals surface area (Å²) in [7, 11) is 0. The van der Waals surface area contributed by atoms with E-state index >= 15 is 0 Å². The lowest BCUT2D eigenvalue weighted by Crippen LogP contribution is -2.44. The third-order valence-electron chi connectivity index (χ3n) is 3.84. The van der Waals surface area contributed by atoms with Crippen LogP contribution < -0.4 is 5.32 Å². The van der Waals surface area contributed by atoms with Crippen LogP contribution in [-0.2, 0) is 6.54 Å². The molecule has 2 nitrogen and oxygen atoms in total. The molecule has 98 valence electrons. The minimum absolute atomic E-state index is 0.627. The molecule has 2 fully saturated rings. The normalized spacial score (nSPS) is 20.0. The van der Waals surface area contributed by atoms with Gasteiger partial charge in [0, 0.05) is 17.0 Å². The number of rotatable bonds is 4. The lowest BCUT2D eigenvalue weighted by Gasteiger charge is -2.27. The SMILES string of the molecule is S=C(NC1CCCC1)N(Cc1cccs1)C1CC1. The lowest BCUT2D eigenvalue weighted by atomic mass is 10.2. The van der Waals surface area contributed by atoms with Crippen LogP contribution >= 0.6 is 23.6 Å². The minimum atomic E-state index is 0.627. The first-order valence-electron chi connectivity index (χ1n) is 6.92. The van der Waals surface area contributed by atoms with Crippen LogP contribution in [-0.4, -0.2) is 22.1 Å². The Morgan fingerprint density at radius 3 is 2.72 bits per heavy atom. The van der Waals surface area contributed by atoms with Crippen molar-refractivity contribution < 1.29 is 0 Å². The van der Waals surface area contributed by atoms with Gasteiger partial charge in [-0.05, 0) is 49.3 Å². The van der Waals surface area contributed by atoms with E-state index in [0.29, 0.717) is 12.1 Å². The molecule has 0 spiro atoms. The number of thiophene rings is 1. The Morgan fingerprint density at radius 1 is 1.33 bits per heavy atom. The van der Waals surface area contributed by atoms with Crippen LogP contribution in [0.1, 0.15) is 43.4 Å². The summed E-state index contributed by atoms with van der Waals surface area (Å²) in [6.45, 7) is 0.987. The smallest absolute Gasteiger partial charge is 0.169 e. The van der Waals surface area contributed by atoms with E-state index < -0.39 is 0 Å². The summed E-state index contributed by atoms with van der Waals surface area (Å²) in [5.74, 6) is 0. The quantitative estimate of drug-likeness (QED) is 0.849. The average molecular weight is 280 g/mol. The molecule has 2 aliphatic rings. The van der Waals surface area contributed by atoms with Crippen molar-refractivity contribution in [3.05, 3.63) is 22.4 Å². The molecule has 1 aromatic heterocycles. The number of thiocarbonyl (C=S) groups is 1. The Balaban J connectivity index is 1.60. The van der Waals surface area contributed by atoms with E-state index in [1.165, 1.54) is 43.4 Å². The van der Waals surface area contributed by atoms with E-state index in [-0.39, 0.29) is 0 Å². The van der Waals surface area contributed by atoms with Crippen molar-refractivity contribution in [1.82, 2.24) is 10.2 Å². The van der Waals surface area contributed by atoms with Gasteiger partial charge in [0.25, 0.3) is 0 Å². The molecule has 0 aromatic carbocycles. The Hall–Kier alpha value is -0.610. The van der Waals surface area contributed by atoms with Gasteiger partial charge in [-0.3, -0.25) is 0 Å². The molecule has 2 aliphatic carbocycles. The molecule has 1 aromatic rings. The first kappa shape index (κ1) is 12.4. The zero-order chi connectivity index (χ0) is 12.4. The molecule has 0 aliphatic heterocycles. The van der Waals surface area contributed by atoms with Crippen molar-refractivity contribution in [2.24, 2.45) is 0 Å². The van der Waals surface area contributed by atoms with Gasteiger partial charge in [0.2, 0.25) is 0 Å². The highest BCUT2D eigenvalue weighted by Gasteiger charge is 2.31. The van der Waals surface area contributed by atoms with E-state index in [4.69, 9.17) is 12.2 Å². The zero-order valence-electron chi connectivity index (χ0n) is 10.6. The Morgan fingerprint density at radius 2 is 2.11 bits per heavy atom. The molecule has 0 saturated heterocycles. The van der Waals surface area contributed by atoms with Crippen LogP contribution in [0, 0.1) is 0 Å². The van der Waals surface area contributed by atoms with Crippen molar-refractivity contribution in [3.8, 4) is 0 Å². The van der Waals surface area contributed by atoms with Gasteiger partial charge in [0.15, 0.2) is 5.11 Å². The second-order valence-electron chi connectivity index (χ2n) is 5.37. The molecule has 1 heterocycles. The molecule has 0 amide bonds. The van der Waals surface area contributed by atoms with E-state index in [1.807, 2.05) is 11.3 Å². The second kappa shape index (κ2) is 5.57. The molecule has 2 saturated carbocycles. The number of nitrogens with one attached hydrogen (secondary N) is 1. The first-order chi connectivity index (χ1) is 8.83. The summed E-state index contributed by atoms with van der Waals surface area (Å²) in [4.78, 5) is 3.82. The topological polar surface area (TPSA) is 15.3 Å². The van der Waals surface area contributed by atoms with Crippen LogP contribution in [0.25, 0.3) is 0 Å². The molecule has 1 N–H and O–H groups in total. The maximum absolute atomic E-state index is 5.62. The summed E-state index contributed by atoms with van der Waals surface area (Å²) in [6.07, 6.45) is 7.90. The van der Waals surface area contributed by atoms with Gasteiger partial charge in [0.05, 0.1) is 6.54 Å². The highest BCUT2D eigenvalue weighted by Crippen LogP contribution is 2.30. The largest absolute Gasteiger partial charge is 0.360 e. The third kappa shape index (κ3) is 3.04. The van der Waals surface area contributed by atoms with E-state index in [2.05, 4.69) is 27.7 Å². The fourth-order valence-electron chi connectivity index (χ4n) is 2.65. The predicted octanol–water partition coefficient (Wildman–Crippen LogP) is 3.53. The van der Waals surface area contributed by atoms with Gasteiger partial charge >= 0.3 is 0 Å². The summed E-state index contributed by atoms with van der Waals surface area (Å²) in [6, 6.07) is 5.65. The summed E-state index contributed by atoms with van der Waals surface area (Å²) in [5, 5.41) is 6.71. The highest BCUT2D eigenvalue weighted by atomic mass is 32.1. The van der Waals surface area contributed by atoms with Gasteiger partial charge in [-0.2, -0.15) is 0 Å². The Kier molecular flexibility index (Phi) is 3.85. The van der Waals surface area contributed by atoms with Gasteiger partial charge in [-0.15, -0.1) is 11.3 Å². The molecule has 0 bridgehead atoms. The molecule has 4 heteroatoms. The number of hydrogen-bond acceptors (Lipinski definition) is 2. The summed E-state index contributed by atoms with van der Waals surface area (Å²) >= 11 is 7.45. The van der Waals surface area contributed by atoms with Crippen LogP contribution in [0.2, 0.25) is 0 Å². The lowest BCUT2D eigenvalue weighted by molar-refractivity contribution is 0.391. The van der Waals surface area contributed by atoms with E-state index in [9.17, 15) is 0 Å². The average Bonchev–Trinajstić information content (AvgIpc) is 2.87. The van der Waals surface area contributed by atoms with Crippen LogP contribution in [0.5, 0.6) is 0 Å². The molecular formula is C14H20N2S2. The maximum atomic E-state index is 5.62. The fourth-order valence-corrected chi connectivity index (χ4v) is 3.73. The zero-order valence-corrected chi connectivity index (χ0v) is 12.2. The number of hydrogen-bond donors (Lipinski definition) is 1. The third-order valence-corrected chi connectivity index (χ3v) is 5.05. The van der Waals surface area contributed by atoms with Gasteiger partial charge < -0.3 is 10.2 Å². The van der Waals surface area contributed by atoms with Gasteiger partial charge in [0.1, 0.15) is 0 Å². The molecule has 18 heavy (non-hydrogen) atoms. The standard InChI is InChI=1S/C14H20N2S2/c17-14(15-11-4-1-2-5-11)16(12-7-8-12)10-13-6-3-9-18-13/h3,6,9,11-12H,1-2,4-5,7-8,10H2,(H,15,17). The van der Waals surface area contributed by atoms with E-state index in [0.717, 1.165) is 11.7 Å². The van der Waals surface area contributed by atoms with Crippen LogP contribution in [0.15, 0.2) is 17.5 Å².